The molecule has 1 aliphatic heterocycles. The molecular formula is C31H33F3N7O3+. The third-order valence-electron chi connectivity index (χ3n) is 7.78. The van der Waals surface area contributed by atoms with Gasteiger partial charge in [-0.05, 0) is 47.8 Å². The first kappa shape index (κ1) is 30.6. The minimum absolute atomic E-state index is 0.00582. The Morgan fingerprint density at radius 3 is 2.23 bits per heavy atom. The van der Waals surface area contributed by atoms with Crippen LogP contribution < -0.4 is 15.3 Å². The lowest BCUT2D eigenvalue weighted by Gasteiger charge is -2.40. The van der Waals surface area contributed by atoms with Crippen molar-refractivity contribution >= 4 is 22.8 Å². The number of halogens is 3. The van der Waals surface area contributed by atoms with Crippen molar-refractivity contribution in [3.05, 3.63) is 82.6 Å². The number of piperazine rings is 1. The molecule has 0 spiro atoms. The minimum Gasteiger partial charge on any atom is -0.349 e. The fourth-order valence-electron chi connectivity index (χ4n) is 5.70. The van der Waals surface area contributed by atoms with Crippen molar-refractivity contribution in [3.63, 3.8) is 0 Å². The quantitative estimate of drug-likeness (QED) is 0.198. The standard InChI is InChI=1S/C31H33F3N7O3/c1-7-23(42)38-11-12-39(18(6)14-38)29-19-13-22(34)27(24-20(32)9-8-10-21(24)33)41(44)30(19)40(31(43)37-29)28-25(16(2)3)35-15-36-26(28)17(4)5/h7-10,13,15-18,44H,1,11-12,14H2,2-6H3/q+1/t18-/m0/s1. The zero-order valence-electron chi connectivity index (χ0n) is 25.1. The van der Waals surface area contributed by atoms with E-state index in [4.69, 9.17) is 0 Å². The molecule has 0 aliphatic carbocycles. The highest BCUT2D eigenvalue weighted by atomic mass is 19.1. The Morgan fingerprint density at radius 2 is 1.68 bits per heavy atom. The number of nitrogens with zero attached hydrogens (tertiary/aromatic N) is 7. The van der Waals surface area contributed by atoms with Crippen molar-refractivity contribution in [2.24, 2.45) is 0 Å². The first-order valence-corrected chi connectivity index (χ1v) is 14.2. The smallest absolute Gasteiger partial charge is 0.349 e. The van der Waals surface area contributed by atoms with E-state index in [2.05, 4.69) is 21.5 Å². The summed E-state index contributed by atoms with van der Waals surface area (Å²) in [4.78, 5) is 42.9. The number of carbonyl (C=O) groups excluding carboxylic acids is 1. The number of rotatable bonds is 6. The predicted octanol–water partition coefficient (Wildman–Crippen LogP) is 4.25. The van der Waals surface area contributed by atoms with E-state index in [1.54, 1.807) is 9.80 Å². The maximum absolute atomic E-state index is 16.0. The lowest BCUT2D eigenvalue weighted by atomic mass is 10.0. The molecule has 0 saturated carbocycles. The Balaban J connectivity index is 1.91. The number of anilines is 1. The van der Waals surface area contributed by atoms with E-state index in [1.807, 2.05) is 34.6 Å². The molecule has 0 bridgehead atoms. The largest absolute Gasteiger partial charge is 0.442 e. The van der Waals surface area contributed by atoms with E-state index in [1.165, 1.54) is 12.4 Å². The van der Waals surface area contributed by atoms with Crippen LogP contribution in [-0.4, -0.2) is 61.2 Å². The Hall–Kier alpha value is -4.81. The van der Waals surface area contributed by atoms with Gasteiger partial charge in [0.25, 0.3) is 0 Å². The van der Waals surface area contributed by atoms with E-state index >= 15 is 13.2 Å². The molecule has 3 aromatic heterocycles. The molecule has 1 atom stereocenters. The molecule has 4 heterocycles. The van der Waals surface area contributed by atoms with Crippen molar-refractivity contribution in [2.45, 2.75) is 52.5 Å². The Bertz CT molecular complexity index is 1810. The predicted molar refractivity (Wildman–Crippen MR) is 157 cm³/mol. The van der Waals surface area contributed by atoms with Crippen LogP contribution in [0.5, 0.6) is 0 Å². The molecule has 1 amide bonds. The highest BCUT2D eigenvalue weighted by molar-refractivity contribution is 5.89. The molecule has 1 aliphatic rings. The van der Waals surface area contributed by atoms with Gasteiger partial charge in [-0.15, -0.1) is 4.57 Å². The van der Waals surface area contributed by atoms with Crippen molar-refractivity contribution in [1.29, 1.82) is 0 Å². The second-order valence-electron chi connectivity index (χ2n) is 11.4. The number of fused-ring (bicyclic) bond motifs is 1. The van der Waals surface area contributed by atoms with Gasteiger partial charge in [-0.1, -0.05) is 40.3 Å². The topological polar surface area (TPSA) is 108 Å². The molecule has 5 rings (SSSR count). The van der Waals surface area contributed by atoms with Crippen LogP contribution in [0.3, 0.4) is 0 Å². The van der Waals surface area contributed by atoms with Crippen molar-refractivity contribution in [2.75, 3.05) is 24.5 Å². The zero-order valence-corrected chi connectivity index (χ0v) is 25.1. The first-order chi connectivity index (χ1) is 20.9. The highest BCUT2D eigenvalue weighted by Gasteiger charge is 2.37. The van der Waals surface area contributed by atoms with E-state index in [0.29, 0.717) is 16.1 Å². The zero-order chi connectivity index (χ0) is 32.0. The van der Waals surface area contributed by atoms with Gasteiger partial charge in [-0.2, -0.15) is 4.98 Å². The summed E-state index contributed by atoms with van der Waals surface area (Å²) in [6.45, 7) is 13.6. The molecule has 1 aromatic carbocycles. The molecule has 13 heteroatoms. The maximum Gasteiger partial charge on any atom is 0.442 e. The van der Waals surface area contributed by atoms with Gasteiger partial charge < -0.3 is 15.0 Å². The number of amides is 1. The second-order valence-corrected chi connectivity index (χ2v) is 11.4. The van der Waals surface area contributed by atoms with Crippen LogP contribution in [0.15, 0.2) is 48.0 Å². The number of benzene rings is 1. The monoisotopic (exact) mass is 608 g/mol. The summed E-state index contributed by atoms with van der Waals surface area (Å²) in [5.74, 6) is -4.04. The number of carbonyl (C=O) groups is 1. The van der Waals surface area contributed by atoms with E-state index in [-0.39, 0.29) is 66.0 Å². The molecule has 230 valence electrons. The fraction of sp³-hybridized carbons (Fsp3) is 0.355. The molecule has 0 radical (unpaired) electrons. The van der Waals surface area contributed by atoms with Gasteiger partial charge in [0.2, 0.25) is 11.6 Å². The molecule has 1 fully saturated rings. The van der Waals surface area contributed by atoms with E-state index in [0.717, 1.165) is 28.8 Å². The summed E-state index contributed by atoms with van der Waals surface area (Å²) >= 11 is 0. The number of aromatic nitrogens is 5. The van der Waals surface area contributed by atoms with E-state index < -0.39 is 34.4 Å². The van der Waals surface area contributed by atoms with Gasteiger partial charge in [0.15, 0.2) is 17.3 Å². The van der Waals surface area contributed by atoms with Crippen LogP contribution in [-0.2, 0) is 4.79 Å². The molecule has 0 unspecified atom stereocenters. The van der Waals surface area contributed by atoms with Gasteiger partial charge in [-0.3, -0.25) is 4.79 Å². The Morgan fingerprint density at radius 1 is 1.07 bits per heavy atom. The summed E-state index contributed by atoms with van der Waals surface area (Å²) < 4.78 is 47.4. The molecule has 1 saturated heterocycles. The molecular weight excluding hydrogens is 575 g/mol. The maximum atomic E-state index is 16.0. The SMILES string of the molecule is C=CC(=O)N1CCN(c2nc(=O)n(-c3c(C(C)C)ncnc3C(C)C)c3c2cc(F)c(-c2c(F)cccc2F)[n+]3O)[C@@H](C)C1. The van der Waals surface area contributed by atoms with Crippen molar-refractivity contribution < 1.29 is 27.9 Å². The normalized spacial score (nSPS) is 15.5. The Labute approximate surface area is 251 Å². The summed E-state index contributed by atoms with van der Waals surface area (Å²) in [7, 11) is 0. The third kappa shape index (κ3) is 5.05. The summed E-state index contributed by atoms with van der Waals surface area (Å²) in [6.07, 6.45) is 2.59. The number of hydrogen-bond donors (Lipinski definition) is 1. The van der Waals surface area contributed by atoms with Crippen LogP contribution in [0.1, 0.15) is 57.8 Å². The first-order valence-electron chi connectivity index (χ1n) is 14.2. The molecule has 4 aromatic rings. The van der Waals surface area contributed by atoms with Gasteiger partial charge in [0.1, 0.15) is 23.3 Å². The van der Waals surface area contributed by atoms with Gasteiger partial charge in [0.05, 0.1) is 17.0 Å². The molecule has 1 N–H and O–H groups in total. The number of hydrogen-bond acceptors (Lipinski definition) is 7. The average Bonchev–Trinajstić information content (AvgIpc) is 2.97. The van der Waals surface area contributed by atoms with Crippen LogP contribution in [0.2, 0.25) is 0 Å². The van der Waals surface area contributed by atoms with Crippen LogP contribution in [0, 0.1) is 17.5 Å². The van der Waals surface area contributed by atoms with Gasteiger partial charge in [0, 0.05) is 25.7 Å². The minimum atomic E-state index is -1.15. The second kappa shape index (κ2) is 11.7. The number of pyridine rings is 1. The highest BCUT2D eigenvalue weighted by Crippen LogP contribution is 2.34. The van der Waals surface area contributed by atoms with E-state index in [9.17, 15) is 14.8 Å². The summed E-state index contributed by atoms with van der Waals surface area (Å²) in [5, 5.41) is 11.7. The van der Waals surface area contributed by atoms with Crippen LogP contribution in [0.4, 0.5) is 19.0 Å². The van der Waals surface area contributed by atoms with Crippen molar-refractivity contribution in [1.82, 2.24) is 24.4 Å². The summed E-state index contributed by atoms with van der Waals surface area (Å²) in [6, 6.07) is 3.63. The summed E-state index contributed by atoms with van der Waals surface area (Å²) in [5.41, 5.74) is -1.62. The Kier molecular flexibility index (Phi) is 8.15. The molecule has 10 nitrogen and oxygen atoms in total. The average molecular weight is 609 g/mol. The van der Waals surface area contributed by atoms with Crippen LogP contribution in [0.25, 0.3) is 28.0 Å². The van der Waals surface area contributed by atoms with Gasteiger partial charge in [-0.25, -0.2) is 27.9 Å². The van der Waals surface area contributed by atoms with Crippen LogP contribution >= 0.6 is 0 Å². The van der Waals surface area contributed by atoms with Crippen molar-refractivity contribution in [3.8, 4) is 16.9 Å². The third-order valence-corrected chi connectivity index (χ3v) is 7.78. The molecule has 44 heavy (non-hydrogen) atoms. The lowest BCUT2D eigenvalue weighted by Crippen LogP contribution is -2.54. The lowest BCUT2D eigenvalue weighted by molar-refractivity contribution is -0.878. The van der Waals surface area contributed by atoms with Gasteiger partial charge >= 0.3 is 11.3 Å². The fourth-order valence-corrected chi connectivity index (χ4v) is 5.70.